The van der Waals surface area contributed by atoms with Gasteiger partial charge in [0.15, 0.2) is 0 Å². The zero-order valence-corrected chi connectivity index (χ0v) is 13.7. The summed E-state index contributed by atoms with van der Waals surface area (Å²) in [5.74, 6) is 0. The second kappa shape index (κ2) is 7.18. The summed E-state index contributed by atoms with van der Waals surface area (Å²) in [7, 11) is 1.86. The molecule has 0 fully saturated rings. The lowest BCUT2D eigenvalue weighted by Crippen LogP contribution is -2.19. The van der Waals surface area contributed by atoms with Crippen molar-refractivity contribution in [1.82, 2.24) is 0 Å². The van der Waals surface area contributed by atoms with Gasteiger partial charge in [0.05, 0.1) is 0 Å². The Labute approximate surface area is 120 Å². The molecule has 0 amide bonds. The number of benzene rings is 2. The van der Waals surface area contributed by atoms with E-state index in [9.17, 15) is 0 Å². The van der Waals surface area contributed by atoms with E-state index < -0.39 is 0 Å². The fourth-order valence-electron chi connectivity index (χ4n) is 1.86. The van der Waals surface area contributed by atoms with Crippen molar-refractivity contribution in [3.8, 4) is 0 Å². The van der Waals surface area contributed by atoms with Crippen LogP contribution in [0.2, 0.25) is 0 Å². The van der Waals surface area contributed by atoms with E-state index in [1.807, 2.05) is 0 Å². The summed E-state index contributed by atoms with van der Waals surface area (Å²) in [5, 5.41) is 2.97. The molecule has 0 aromatic heterocycles. The molecule has 0 aliphatic rings. The van der Waals surface area contributed by atoms with Gasteiger partial charge in [-0.1, -0.05) is 91.7 Å². The van der Waals surface area contributed by atoms with Crippen molar-refractivity contribution in [1.29, 1.82) is 0 Å². The summed E-state index contributed by atoms with van der Waals surface area (Å²) in [6.45, 7) is 4.80. The molecule has 0 heterocycles. The molecule has 2 heteroatoms. The summed E-state index contributed by atoms with van der Waals surface area (Å²) in [4.78, 5) is 0. The average molecular weight is 288 g/mol. The van der Waals surface area contributed by atoms with Gasteiger partial charge in [0.2, 0.25) is 0 Å². The summed E-state index contributed by atoms with van der Waals surface area (Å²) in [6, 6.07) is 21.7. The molecular weight excluding hydrogens is 266 g/mol. The first-order valence-corrected chi connectivity index (χ1v) is 9.15. The van der Waals surface area contributed by atoms with E-state index in [4.69, 9.17) is 0 Å². The van der Waals surface area contributed by atoms with E-state index >= 15 is 0 Å². The third-order valence-electron chi connectivity index (χ3n) is 3.09. The van der Waals surface area contributed by atoms with Gasteiger partial charge in [0.25, 0.3) is 0 Å². The molecule has 2 aromatic rings. The SMILES string of the molecule is CC(C)(CPc1ccccc1)CPc1ccccc1. The molecule has 0 saturated heterocycles. The second-order valence-corrected chi connectivity index (χ2v) is 8.17. The summed E-state index contributed by atoms with van der Waals surface area (Å²) in [5.41, 5.74) is 0.433. The molecule has 0 aliphatic heterocycles. The highest BCUT2D eigenvalue weighted by molar-refractivity contribution is 7.48. The van der Waals surface area contributed by atoms with Crippen molar-refractivity contribution >= 4 is 27.8 Å². The maximum atomic E-state index is 2.40. The Hall–Kier alpha value is -0.700. The van der Waals surface area contributed by atoms with Crippen molar-refractivity contribution in [3.63, 3.8) is 0 Å². The van der Waals surface area contributed by atoms with Crippen molar-refractivity contribution in [2.24, 2.45) is 5.41 Å². The molecular formula is C17H22P2. The van der Waals surface area contributed by atoms with Crippen LogP contribution in [0.4, 0.5) is 0 Å². The highest BCUT2D eigenvalue weighted by atomic mass is 31.1. The van der Waals surface area contributed by atoms with E-state index in [1.54, 1.807) is 0 Å². The largest absolute Gasteiger partial charge is 0.0898 e. The Morgan fingerprint density at radius 3 is 1.42 bits per heavy atom. The van der Waals surface area contributed by atoms with Crippen LogP contribution in [0.25, 0.3) is 0 Å². The molecule has 2 aromatic carbocycles. The number of hydrogen-bond acceptors (Lipinski definition) is 0. The highest BCUT2D eigenvalue weighted by Crippen LogP contribution is 2.31. The van der Waals surface area contributed by atoms with Gasteiger partial charge < -0.3 is 0 Å². The Morgan fingerprint density at radius 2 is 1.05 bits per heavy atom. The van der Waals surface area contributed by atoms with Crippen LogP contribution in [-0.4, -0.2) is 12.3 Å². The van der Waals surface area contributed by atoms with Crippen LogP contribution in [0.15, 0.2) is 60.7 Å². The first kappa shape index (κ1) is 14.7. The van der Waals surface area contributed by atoms with Gasteiger partial charge in [-0.15, -0.1) is 0 Å². The van der Waals surface area contributed by atoms with Gasteiger partial charge in [-0.25, -0.2) is 0 Å². The molecule has 0 N–H and O–H groups in total. The molecule has 0 radical (unpaired) electrons. The molecule has 0 bridgehead atoms. The Balaban J connectivity index is 1.82. The lowest BCUT2D eigenvalue weighted by molar-refractivity contribution is 0.490. The first-order valence-electron chi connectivity index (χ1n) is 6.74. The molecule has 0 aliphatic carbocycles. The molecule has 2 unspecified atom stereocenters. The van der Waals surface area contributed by atoms with E-state index in [1.165, 1.54) is 22.9 Å². The molecule has 0 nitrogen and oxygen atoms in total. The van der Waals surface area contributed by atoms with Crippen LogP contribution in [0.3, 0.4) is 0 Å². The normalized spacial score (nSPS) is 12.7. The minimum Gasteiger partial charge on any atom is -0.0898 e. The van der Waals surface area contributed by atoms with Crippen molar-refractivity contribution < 1.29 is 0 Å². The van der Waals surface area contributed by atoms with Crippen LogP contribution < -0.4 is 10.6 Å². The minimum absolute atomic E-state index is 0.433. The minimum atomic E-state index is 0.433. The second-order valence-electron chi connectivity index (χ2n) is 5.60. The van der Waals surface area contributed by atoms with Gasteiger partial charge in [-0.2, -0.15) is 0 Å². The van der Waals surface area contributed by atoms with Gasteiger partial charge >= 0.3 is 0 Å². The first-order chi connectivity index (χ1) is 9.16. The highest BCUT2D eigenvalue weighted by Gasteiger charge is 2.17. The molecule has 2 rings (SSSR count). The van der Waals surface area contributed by atoms with Crippen LogP contribution in [0, 0.1) is 5.41 Å². The van der Waals surface area contributed by atoms with Crippen LogP contribution in [0.1, 0.15) is 13.8 Å². The van der Waals surface area contributed by atoms with E-state index in [0.29, 0.717) is 5.41 Å². The van der Waals surface area contributed by atoms with E-state index in [2.05, 4.69) is 74.5 Å². The molecule has 100 valence electrons. The van der Waals surface area contributed by atoms with Crippen molar-refractivity contribution in [3.05, 3.63) is 60.7 Å². The zero-order chi connectivity index (χ0) is 13.6. The quantitative estimate of drug-likeness (QED) is 0.704. The Kier molecular flexibility index (Phi) is 5.56. The van der Waals surface area contributed by atoms with Gasteiger partial charge in [-0.3, -0.25) is 0 Å². The third-order valence-corrected chi connectivity index (χ3v) is 6.84. The summed E-state index contributed by atoms with van der Waals surface area (Å²) in [6.07, 6.45) is 2.58. The Bertz CT molecular complexity index is 432. The molecule has 0 spiro atoms. The lowest BCUT2D eigenvalue weighted by Gasteiger charge is -2.24. The van der Waals surface area contributed by atoms with Crippen molar-refractivity contribution in [2.45, 2.75) is 13.8 Å². The maximum Gasteiger partial charge on any atom is -0.0258 e. The van der Waals surface area contributed by atoms with Crippen molar-refractivity contribution in [2.75, 3.05) is 12.3 Å². The molecule has 2 atom stereocenters. The van der Waals surface area contributed by atoms with Gasteiger partial charge in [0, 0.05) is 0 Å². The van der Waals surface area contributed by atoms with Gasteiger partial charge in [-0.05, 0) is 28.3 Å². The van der Waals surface area contributed by atoms with E-state index in [0.717, 1.165) is 17.2 Å². The fourth-order valence-corrected chi connectivity index (χ4v) is 4.58. The zero-order valence-electron chi connectivity index (χ0n) is 11.7. The monoisotopic (exact) mass is 288 g/mol. The lowest BCUT2D eigenvalue weighted by atomic mass is 10.00. The summed E-state index contributed by atoms with van der Waals surface area (Å²) < 4.78 is 0. The topological polar surface area (TPSA) is 0 Å². The van der Waals surface area contributed by atoms with E-state index in [-0.39, 0.29) is 0 Å². The average Bonchev–Trinajstić information content (AvgIpc) is 2.46. The maximum absolute atomic E-state index is 2.40. The summed E-state index contributed by atoms with van der Waals surface area (Å²) >= 11 is 0. The van der Waals surface area contributed by atoms with Crippen LogP contribution in [0.5, 0.6) is 0 Å². The van der Waals surface area contributed by atoms with Gasteiger partial charge in [0.1, 0.15) is 0 Å². The van der Waals surface area contributed by atoms with Crippen LogP contribution in [-0.2, 0) is 0 Å². The number of hydrogen-bond donors (Lipinski definition) is 0. The predicted octanol–water partition coefficient (Wildman–Crippen LogP) is 4.02. The third kappa shape index (κ3) is 5.43. The molecule has 0 saturated carbocycles. The Morgan fingerprint density at radius 1 is 0.684 bits per heavy atom. The smallest absolute Gasteiger partial charge is 0.0258 e. The fraction of sp³-hybridized carbons (Fsp3) is 0.294. The van der Waals surface area contributed by atoms with Crippen LogP contribution >= 0.6 is 17.2 Å². The number of rotatable bonds is 6. The predicted molar refractivity (Wildman–Crippen MR) is 92.3 cm³/mol. The standard InChI is InChI=1S/C17H22P2/c1-17(2,13-18-15-9-5-3-6-10-15)14-19-16-11-7-4-8-12-16/h3-12,18-19H,13-14H2,1-2H3. The molecule has 19 heavy (non-hydrogen) atoms.